The summed E-state index contributed by atoms with van der Waals surface area (Å²) in [5.41, 5.74) is 0. The Morgan fingerprint density at radius 3 is 2.15 bits per heavy atom. The van der Waals surface area contributed by atoms with Gasteiger partial charge in [-0.3, -0.25) is 0 Å². The highest BCUT2D eigenvalue weighted by Gasteiger charge is 2.28. The Balaban J connectivity index is 2.62. The lowest BCUT2D eigenvalue weighted by atomic mass is 10.3. The number of hydrogen-bond donors (Lipinski definition) is 2. The minimum absolute atomic E-state index is 0.309. The molecule has 1 rings (SSSR count). The van der Waals surface area contributed by atoms with Crippen molar-refractivity contribution >= 4 is 9.92 Å². The summed E-state index contributed by atoms with van der Waals surface area (Å²) < 4.78 is 22.2. The number of rotatable bonds is 2. The zero-order chi connectivity index (χ0) is 10.1. The molecule has 0 amide bonds. The van der Waals surface area contributed by atoms with Gasteiger partial charge < -0.3 is 0 Å². The van der Waals surface area contributed by atoms with Crippen LogP contribution in [0, 0.1) is 4.78 Å². The summed E-state index contributed by atoms with van der Waals surface area (Å²) in [4.78, 5) is 0. The zero-order valence-corrected chi connectivity index (χ0v) is 9.54. The first-order valence-corrected chi connectivity index (χ1v) is 6.44. The van der Waals surface area contributed by atoms with Gasteiger partial charge in [0.2, 0.25) is 0 Å². The van der Waals surface area contributed by atoms with Crippen LogP contribution in [-0.2, 0) is 9.92 Å². The van der Waals surface area contributed by atoms with Crippen LogP contribution in [0.3, 0.4) is 0 Å². The van der Waals surface area contributed by atoms with E-state index in [1.54, 1.807) is 0 Å². The van der Waals surface area contributed by atoms with Crippen molar-refractivity contribution in [2.24, 2.45) is 0 Å². The van der Waals surface area contributed by atoms with Gasteiger partial charge in [0, 0.05) is 6.04 Å². The van der Waals surface area contributed by atoms with Crippen LogP contribution in [0.2, 0.25) is 0 Å². The highest BCUT2D eigenvalue weighted by Crippen LogP contribution is 2.22. The fourth-order valence-corrected chi connectivity index (χ4v) is 2.51. The third-order valence-corrected chi connectivity index (χ3v) is 4.94. The minimum atomic E-state index is -2.63. The van der Waals surface area contributed by atoms with Crippen molar-refractivity contribution in [3.63, 3.8) is 0 Å². The number of nitrogens with one attached hydrogen (secondary N) is 2. The van der Waals surface area contributed by atoms with Crippen molar-refractivity contribution in [3.8, 4) is 0 Å². The molecule has 2 N–H and O–H groups in total. The van der Waals surface area contributed by atoms with Gasteiger partial charge >= 0.3 is 0 Å². The lowest BCUT2D eigenvalue weighted by molar-refractivity contribution is 0.580. The molecule has 0 aliphatic heterocycles. The summed E-state index contributed by atoms with van der Waals surface area (Å²) in [5.74, 6) is 0. The first kappa shape index (κ1) is 11.0. The van der Waals surface area contributed by atoms with Gasteiger partial charge in [0.05, 0.1) is 4.75 Å². The van der Waals surface area contributed by atoms with E-state index in [0.29, 0.717) is 6.04 Å². The second-order valence-corrected chi connectivity index (χ2v) is 7.34. The van der Waals surface area contributed by atoms with Crippen LogP contribution < -0.4 is 4.72 Å². The highest BCUT2D eigenvalue weighted by atomic mass is 32.2. The van der Waals surface area contributed by atoms with Gasteiger partial charge in [0.1, 0.15) is 9.92 Å². The molecule has 0 heterocycles. The second-order valence-electron chi connectivity index (χ2n) is 4.77. The van der Waals surface area contributed by atoms with Gasteiger partial charge in [-0.15, -0.1) is 0 Å². The average molecular weight is 204 g/mol. The van der Waals surface area contributed by atoms with Gasteiger partial charge in [0.15, 0.2) is 0 Å². The molecule has 4 heteroatoms. The topological polar surface area (TPSA) is 53.0 Å². The molecule has 0 aromatic rings. The molecular weight excluding hydrogens is 184 g/mol. The monoisotopic (exact) mass is 204 g/mol. The first-order chi connectivity index (χ1) is 5.83. The summed E-state index contributed by atoms with van der Waals surface area (Å²) in [6.07, 6.45) is 4.56. The Bertz CT molecular complexity index is 258. The standard InChI is InChI=1S/C9H20N2OS/c1-9(2,3)13(10,12)11-8-6-4-5-7-8/h8H,4-7H2,1-3H3,(H2,10,11,12). The van der Waals surface area contributed by atoms with E-state index in [1.807, 2.05) is 20.8 Å². The van der Waals surface area contributed by atoms with Gasteiger partial charge in [0.25, 0.3) is 0 Å². The lowest BCUT2D eigenvalue weighted by Crippen LogP contribution is -2.42. The van der Waals surface area contributed by atoms with Crippen molar-refractivity contribution in [3.05, 3.63) is 0 Å². The Kier molecular flexibility index (Phi) is 3.02. The molecule has 0 spiro atoms. The summed E-state index contributed by atoms with van der Waals surface area (Å²) >= 11 is 0. The van der Waals surface area contributed by atoms with E-state index in [9.17, 15) is 4.21 Å². The fourth-order valence-electron chi connectivity index (χ4n) is 1.46. The summed E-state index contributed by atoms with van der Waals surface area (Å²) in [6.45, 7) is 5.55. The maximum Gasteiger partial charge on any atom is 0.110 e. The molecule has 3 nitrogen and oxygen atoms in total. The van der Waals surface area contributed by atoms with Crippen LogP contribution in [0.5, 0.6) is 0 Å². The van der Waals surface area contributed by atoms with Gasteiger partial charge in [-0.1, -0.05) is 12.8 Å². The van der Waals surface area contributed by atoms with E-state index in [0.717, 1.165) is 12.8 Å². The molecule has 0 saturated heterocycles. The molecular formula is C9H20N2OS. The average Bonchev–Trinajstić information content (AvgIpc) is 2.35. The molecule has 1 fully saturated rings. The third-order valence-electron chi connectivity index (χ3n) is 2.55. The van der Waals surface area contributed by atoms with Crippen LogP contribution in [0.15, 0.2) is 0 Å². The van der Waals surface area contributed by atoms with E-state index in [2.05, 4.69) is 4.72 Å². The van der Waals surface area contributed by atoms with Gasteiger partial charge in [-0.25, -0.2) is 13.7 Å². The maximum atomic E-state index is 11.9. The van der Waals surface area contributed by atoms with Crippen molar-refractivity contribution in [1.82, 2.24) is 4.72 Å². The van der Waals surface area contributed by atoms with Crippen LogP contribution in [0.4, 0.5) is 0 Å². The molecule has 1 saturated carbocycles. The molecule has 1 aliphatic rings. The lowest BCUT2D eigenvalue weighted by Gasteiger charge is -2.25. The summed E-state index contributed by atoms with van der Waals surface area (Å²) in [5, 5.41) is 0. The fraction of sp³-hybridized carbons (Fsp3) is 1.00. The van der Waals surface area contributed by atoms with Crippen molar-refractivity contribution in [1.29, 1.82) is 4.78 Å². The van der Waals surface area contributed by atoms with Crippen molar-refractivity contribution in [2.45, 2.75) is 57.2 Å². The SMILES string of the molecule is CC(C)(C)S(=N)(=O)NC1CCCC1. The summed E-state index contributed by atoms with van der Waals surface area (Å²) in [7, 11) is -2.63. The van der Waals surface area contributed by atoms with Crippen LogP contribution in [-0.4, -0.2) is 15.0 Å². The number of hydrogen-bond acceptors (Lipinski definition) is 2. The van der Waals surface area contributed by atoms with E-state index in [4.69, 9.17) is 4.78 Å². The van der Waals surface area contributed by atoms with Crippen molar-refractivity contribution < 1.29 is 4.21 Å². The second kappa shape index (κ2) is 3.58. The predicted octanol–water partition coefficient (Wildman–Crippen LogP) is 2.28. The third kappa shape index (κ3) is 2.68. The Labute approximate surface area is 81.4 Å². The molecule has 0 bridgehead atoms. The van der Waals surface area contributed by atoms with E-state index in [-0.39, 0.29) is 0 Å². The molecule has 78 valence electrons. The van der Waals surface area contributed by atoms with E-state index >= 15 is 0 Å². The molecule has 0 aromatic heterocycles. The van der Waals surface area contributed by atoms with Crippen LogP contribution in [0.25, 0.3) is 0 Å². The molecule has 13 heavy (non-hydrogen) atoms. The van der Waals surface area contributed by atoms with E-state index in [1.165, 1.54) is 12.8 Å². The Hall–Kier alpha value is -0.0900. The Morgan fingerprint density at radius 2 is 1.77 bits per heavy atom. The smallest absolute Gasteiger partial charge is 0.110 e. The quantitative estimate of drug-likeness (QED) is 0.712. The van der Waals surface area contributed by atoms with E-state index < -0.39 is 14.7 Å². The molecule has 0 aromatic carbocycles. The van der Waals surface area contributed by atoms with Crippen LogP contribution in [0.1, 0.15) is 46.5 Å². The molecule has 1 atom stereocenters. The first-order valence-electron chi connectivity index (χ1n) is 4.88. The van der Waals surface area contributed by atoms with Crippen molar-refractivity contribution in [2.75, 3.05) is 0 Å². The maximum absolute atomic E-state index is 11.9. The highest BCUT2D eigenvalue weighted by molar-refractivity contribution is 7.91. The van der Waals surface area contributed by atoms with Crippen LogP contribution >= 0.6 is 0 Å². The molecule has 1 aliphatic carbocycles. The summed E-state index contributed by atoms with van der Waals surface area (Å²) in [6, 6.07) is 0.309. The molecule has 1 unspecified atom stereocenters. The van der Waals surface area contributed by atoms with Gasteiger partial charge in [-0.2, -0.15) is 0 Å². The largest absolute Gasteiger partial charge is 0.240 e. The van der Waals surface area contributed by atoms with Gasteiger partial charge in [-0.05, 0) is 33.6 Å². The minimum Gasteiger partial charge on any atom is -0.240 e. The normalized spacial score (nSPS) is 24.5. The zero-order valence-electron chi connectivity index (χ0n) is 8.72. The predicted molar refractivity (Wildman–Crippen MR) is 56.0 cm³/mol. The Morgan fingerprint density at radius 1 is 1.31 bits per heavy atom. The molecule has 0 radical (unpaired) electrons.